The molecule has 2 aliphatic heterocycles. The van der Waals surface area contributed by atoms with Crippen molar-refractivity contribution in [3.05, 3.63) is 77.9 Å². The maximum atomic E-state index is 11.7. The van der Waals surface area contributed by atoms with Crippen molar-refractivity contribution in [3.8, 4) is 34.3 Å². The van der Waals surface area contributed by atoms with Crippen molar-refractivity contribution in [3.63, 3.8) is 0 Å². The highest BCUT2D eigenvalue weighted by molar-refractivity contribution is 5.93. The molecule has 0 saturated heterocycles. The van der Waals surface area contributed by atoms with E-state index in [1.807, 2.05) is 54.7 Å². The Morgan fingerprint density at radius 1 is 1.09 bits per heavy atom. The minimum absolute atomic E-state index is 0.0217. The first-order valence-corrected chi connectivity index (χ1v) is 11.6. The number of imidazole rings is 1. The Hall–Kier alpha value is -4.33. The fraction of sp³-hybridized carbons (Fsp3) is 0.222. The summed E-state index contributed by atoms with van der Waals surface area (Å²) in [4.78, 5) is 24.1. The standard InChI is InChI=1S/C27H24N4O4/c1-33-19-4-2-3-16(12-19)22-14-29-26(30-22)18-11-17-13-20(5-7-23(17)34-15-18)35-24-9-10-28-27-21(24)6-8-25(32)31-27/h2-5,7,9-10,12-14,18H,6,8,11,15H2,1H3,(H,29,30)(H,28,31,32). The van der Waals surface area contributed by atoms with Gasteiger partial charge in [0.1, 0.15) is 34.6 Å². The SMILES string of the molecule is COc1cccc(-c2c[nH]c(C3COc4ccc(Oc5ccnc6c5CCC(=O)N6)cc4C3)n2)c1. The number of carbonyl (C=O) groups is 1. The number of aromatic amines is 1. The van der Waals surface area contributed by atoms with Crippen LogP contribution in [-0.2, 0) is 17.6 Å². The number of amides is 1. The van der Waals surface area contributed by atoms with Crippen molar-refractivity contribution in [2.45, 2.75) is 25.2 Å². The molecule has 0 radical (unpaired) electrons. The highest BCUT2D eigenvalue weighted by Crippen LogP contribution is 2.37. The van der Waals surface area contributed by atoms with Crippen LogP contribution >= 0.6 is 0 Å². The van der Waals surface area contributed by atoms with E-state index in [1.54, 1.807) is 13.3 Å². The summed E-state index contributed by atoms with van der Waals surface area (Å²) in [7, 11) is 1.66. The second-order valence-electron chi connectivity index (χ2n) is 8.67. The van der Waals surface area contributed by atoms with Crippen molar-refractivity contribution in [2.75, 3.05) is 19.0 Å². The number of rotatable bonds is 5. The number of hydrogen-bond acceptors (Lipinski definition) is 6. The maximum absolute atomic E-state index is 11.7. The van der Waals surface area contributed by atoms with Crippen LogP contribution < -0.4 is 19.5 Å². The van der Waals surface area contributed by atoms with Gasteiger partial charge in [0, 0.05) is 29.9 Å². The Morgan fingerprint density at radius 2 is 2.03 bits per heavy atom. The van der Waals surface area contributed by atoms with Crippen LogP contribution in [0.5, 0.6) is 23.0 Å². The molecule has 35 heavy (non-hydrogen) atoms. The van der Waals surface area contributed by atoms with Crippen LogP contribution in [0, 0.1) is 0 Å². The first-order chi connectivity index (χ1) is 17.2. The third kappa shape index (κ3) is 4.19. The summed E-state index contributed by atoms with van der Waals surface area (Å²) in [6.45, 7) is 0.551. The highest BCUT2D eigenvalue weighted by Gasteiger charge is 2.25. The van der Waals surface area contributed by atoms with E-state index in [0.29, 0.717) is 31.0 Å². The van der Waals surface area contributed by atoms with Gasteiger partial charge in [-0.3, -0.25) is 4.79 Å². The van der Waals surface area contributed by atoms with Crippen LogP contribution in [0.25, 0.3) is 11.3 Å². The topological polar surface area (TPSA) is 98.4 Å². The van der Waals surface area contributed by atoms with Gasteiger partial charge < -0.3 is 24.5 Å². The molecule has 4 aromatic rings. The molecule has 1 unspecified atom stereocenters. The van der Waals surface area contributed by atoms with Gasteiger partial charge in [-0.1, -0.05) is 12.1 Å². The average Bonchev–Trinajstić information content (AvgIpc) is 3.39. The largest absolute Gasteiger partial charge is 0.497 e. The number of nitrogens with one attached hydrogen (secondary N) is 2. The molecule has 2 aliphatic rings. The lowest BCUT2D eigenvalue weighted by Crippen LogP contribution is -2.20. The first kappa shape index (κ1) is 21.2. The number of benzene rings is 2. The second-order valence-corrected chi connectivity index (χ2v) is 8.67. The van der Waals surface area contributed by atoms with Crippen molar-refractivity contribution < 1.29 is 19.0 Å². The predicted octanol–water partition coefficient (Wildman–Crippen LogP) is 4.88. The van der Waals surface area contributed by atoms with Gasteiger partial charge in [0.25, 0.3) is 0 Å². The molecule has 4 heterocycles. The zero-order valence-corrected chi connectivity index (χ0v) is 19.2. The number of aromatic nitrogens is 3. The van der Waals surface area contributed by atoms with Crippen molar-refractivity contribution >= 4 is 11.7 Å². The van der Waals surface area contributed by atoms with Crippen LogP contribution in [0.3, 0.4) is 0 Å². The average molecular weight is 469 g/mol. The van der Waals surface area contributed by atoms with Crippen LogP contribution in [0.15, 0.2) is 60.9 Å². The summed E-state index contributed by atoms with van der Waals surface area (Å²) in [5, 5.41) is 2.81. The molecule has 0 fully saturated rings. The van der Waals surface area contributed by atoms with Crippen LogP contribution in [0.4, 0.5) is 5.82 Å². The third-order valence-corrected chi connectivity index (χ3v) is 6.39. The lowest BCUT2D eigenvalue weighted by Gasteiger charge is -2.25. The highest BCUT2D eigenvalue weighted by atomic mass is 16.5. The van der Waals surface area contributed by atoms with Crippen molar-refractivity contribution in [1.29, 1.82) is 0 Å². The van der Waals surface area contributed by atoms with Crippen LogP contribution in [0.2, 0.25) is 0 Å². The Bertz CT molecular complexity index is 1410. The van der Waals surface area contributed by atoms with Crippen LogP contribution in [-0.4, -0.2) is 34.6 Å². The molecule has 1 amide bonds. The molecular formula is C27H24N4O4. The molecule has 0 spiro atoms. The zero-order chi connectivity index (χ0) is 23.8. The zero-order valence-electron chi connectivity index (χ0n) is 19.2. The number of carbonyl (C=O) groups excluding carboxylic acids is 1. The Labute approximate surface area is 202 Å². The van der Waals surface area contributed by atoms with Gasteiger partial charge in [-0.05, 0) is 54.8 Å². The van der Waals surface area contributed by atoms with Gasteiger partial charge in [-0.2, -0.15) is 0 Å². The van der Waals surface area contributed by atoms with Gasteiger partial charge >= 0.3 is 0 Å². The van der Waals surface area contributed by atoms with E-state index in [4.69, 9.17) is 19.2 Å². The fourth-order valence-corrected chi connectivity index (χ4v) is 4.57. The minimum Gasteiger partial charge on any atom is -0.497 e. The molecular weight excluding hydrogens is 444 g/mol. The van der Waals surface area contributed by atoms with Gasteiger partial charge in [0.15, 0.2) is 0 Å². The molecule has 0 bridgehead atoms. The van der Waals surface area contributed by atoms with E-state index in [2.05, 4.69) is 15.3 Å². The van der Waals surface area contributed by atoms with Gasteiger partial charge in [0.05, 0.1) is 25.3 Å². The first-order valence-electron chi connectivity index (χ1n) is 11.6. The second kappa shape index (κ2) is 8.79. The molecule has 1 atom stereocenters. The molecule has 0 saturated carbocycles. The Morgan fingerprint density at radius 3 is 2.94 bits per heavy atom. The number of ether oxygens (including phenoxy) is 3. The molecule has 2 N–H and O–H groups in total. The quantitative estimate of drug-likeness (QED) is 0.433. The molecule has 8 heteroatoms. The lowest BCUT2D eigenvalue weighted by atomic mass is 9.96. The number of H-pyrrole nitrogens is 1. The van der Waals surface area contributed by atoms with Crippen molar-refractivity contribution in [1.82, 2.24) is 15.0 Å². The maximum Gasteiger partial charge on any atom is 0.225 e. The minimum atomic E-state index is -0.0217. The molecule has 2 aromatic carbocycles. The van der Waals surface area contributed by atoms with Crippen molar-refractivity contribution in [2.24, 2.45) is 0 Å². The van der Waals surface area contributed by atoms with E-state index in [1.165, 1.54) is 0 Å². The number of anilines is 1. The van der Waals surface area contributed by atoms with E-state index < -0.39 is 0 Å². The molecule has 8 nitrogen and oxygen atoms in total. The van der Waals surface area contributed by atoms with Gasteiger partial charge in [-0.15, -0.1) is 0 Å². The Balaban J connectivity index is 1.22. The summed E-state index contributed by atoms with van der Waals surface area (Å²) >= 11 is 0. The summed E-state index contributed by atoms with van der Waals surface area (Å²) in [5.41, 5.74) is 3.85. The normalized spacial score (nSPS) is 16.5. The predicted molar refractivity (Wildman–Crippen MR) is 130 cm³/mol. The molecule has 6 rings (SSSR count). The monoisotopic (exact) mass is 468 g/mol. The number of fused-ring (bicyclic) bond motifs is 2. The number of pyridine rings is 1. The van der Waals surface area contributed by atoms with Gasteiger partial charge in [0.2, 0.25) is 5.91 Å². The summed E-state index contributed by atoms with van der Waals surface area (Å²) in [6.07, 6.45) is 5.38. The summed E-state index contributed by atoms with van der Waals surface area (Å²) < 4.78 is 17.6. The van der Waals surface area contributed by atoms with Gasteiger partial charge in [-0.25, -0.2) is 9.97 Å². The molecule has 0 aliphatic carbocycles. The number of hydrogen-bond donors (Lipinski definition) is 2. The third-order valence-electron chi connectivity index (χ3n) is 6.39. The smallest absolute Gasteiger partial charge is 0.225 e. The van der Waals surface area contributed by atoms with E-state index in [0.717, 1.165) is 51.9 Å². The van der Waals surface area contributed by atoms with E-state index >= 15 is 0 Å². The molecule has 2 aromatic heterocycles. The number of methoxy groups -OCH3 is 1. The summed E-state index contributed by atoms with van der Waals surface area (Å²) in [5.74, 6) is 4.62. The fourth-order valence-electron chi connectivity index (χ4n) is 4.57. The summed E-state index contributed by atoms with van der Waals surface area (Å²) in [6, 6.07) is 15.6. The van der Waals surface area contributed by atoms with E-state index in [-0.39, 0.29) is 11.8 Å². The van der Waals surface area contributed by atoms with Crippen LogP contribution in [0.1, 0.15) is 29.3 Å². The lowest BCUT2D eigenvalue weighted by molar-refractivity contribution is -0.116. The Kier molecular flexibility index (Phi) is 5.33. The van der Waals surface area contributed by atoms with E-state index in [9.17, 15) is 4.79 Å². The number of nitrogens with zero attached hydrogens (tertiary/aromatic N) is 2. The molecule has 176 valence electrons.